The van der Waals surface area contributed by atoms with Crippen LogP contribution >= 0.6 is 0 Å². The summed E-state index contributed by atoms with van der Waals surface area (Å²) in [6.07, 6.45) is 0.823. The van der Waals surface area contributed by atoms with Crippen LogP contribution in [-0.4, -0.2) is 38.3 Å². The standard InChI is InChI=1S/C23H26FNO5/c1-15(2)30-20-9-8-18(14-19(20)21(26)28-3)25-22(27)23(10-12-29-13-11-23)16-4-6-17(24)7-5-16/h4-9,14-15H,10-13H2,1-3H3,(H,25,27). The minimum atomic E-state index is -0.843. The molecule has 0 saturated carbocycles. The van der Waals surface area contributed by atoms with Gasteiger partial charge in [-0.15, -0.1) is 0 Å². The molecule has 0 aliphatic carbocycles. The number of benzene rings is 2. The van der Waals surface area contributed by atoms with E-state index in [-0.39, 0.29) is 23.4 Å². The van der Waals surface area contributed by atoms with Crippen LogP contribution < -0.4 is 10.1 Å². The summed E-state index contributed by atoms with van der Waals surface area (Å²) in [5.74, 6) is -0.759. The maximum atomic E-state index is 13.4. The first-order chi connectivity index (χ1) is 14.4. The van der Waals surface area contributed by atoms with E-state index in [0.717, 1.165) is 5.56 Å². The predicted octanol–water partition coefficient (Wildman–Crippen LogP) is 4.09. The number of methoxy groups -OCH3 is 1. The van der Waals surface area contributed by atoms with Crippen molar-refractivity contribution in [2.24, 2.45) is 0 Å². The predicted molar refractivity (Wildman–Crippen MR) is 110 cm³/mol. The van der Waals surface area contributed by atoms with Gasteiger partial charge in [0.2, 0.25) is 5.91 Å². The minimum Gasteiger partial charge on any atom is -0.490 e. The highest BCUT2D eigenvalue weighted by molar-refractivity contribution is 6.01. The molecule has 1 heterocycles. The third-order valence-electron chi connectivity index (χ3n) is 5.18. The quantitative estimate of drug-likeness (QED) is 0.720. The zero-order valence-corrected chi connectivity index (χ0v) is 17.4. The zero-order chi connectivity index (χ0) is 21.7. The lowest BCUT2D eigenvalue weighted by Crippen LogP contribution is -2.44. The Morgan fingerprint density at radius 1 is 1.10 bits per heavy atom. The first kappa shape index (κ1) is 21.8. The van der Waals surface area contributed by atoms with Crippen molar-refractivity contribution in [3.63, 3.8) is 0 Å². The third-order valence-corrected chi connectivity index (χ3v) is 5.18. The summed E-state index contributed by atoms with van der Waals surface area (Å²) in [5.41, 5.74) is 0.568. The Hall–Kier alpha value is -2.93. The fourth-order valence-electron chi connectivity index (χ4n) is 3.62. The number of ether oxygens (including phenoxy) is 3. The van der Waals surface area contributed by atoms with E-state index >= 15 is 0 Å². The molecule has 0 radical (unpaired) electrons. The summed E-state index contributed by atoms with van der Waals surface area (Å²) >= 11 is 0. The van der Waals surface area contributed by atoms with E-state index in [0.29, 0.717) is 37.5 Å². The molecule has 1 fully saturated rings. The smallest absolute Gasteiger partial charge is 0.341 e. The van der Waals surface area contributed by atoms with Crippen LogP contribution in [0.4, 0.5) is 10.1 Å². The molecule has 2 aromatic carbocycles. The molecule has 0 unspecified atom stereocenters. The van der Waals surface area contributed by atoms with Gasteiger partial charge in [-0.05, 0) is 62.6 Å². The number of hydrogen-bond acceptors (Lipinski definition) is 5. The van der Waals surface area contributed by atoms with Crippen molar-refractivity contribution in [3.8, 4) is 5.75 Å². The Morgan fingerprint density at radius 3 is 2.37 bits per heavy atom. The molecule has 30 heavy (non-hydrogen) atoms. The number of carbonyl (C=O) groups is 2. The molecule has 1 amide bonds. The summed E-state index contributed by atoms with van der Waals surface area (Å²) in [7, 11) is 1.29. The molecular weight excluding hydrogens is 389 g/mol. The van der Waals surface area contributed by atoms with Crippen molar-refractivity contribution in [1.29, 1.82) is 0 Å². The Morgan fingerprint density at radius 2 is 1.77 bits per heavy atom. The van der Waals surface area contributed by atoms with Gasteiger partial charge >= 0.3 is 5.97 Å². The van der Waals surface area contributed by atoms with Gasteiger partial charge in [0.25, 0.3) is 0 Å². The maximum absolute atomic E-state index is 13.4. The Labute approximate surface area is 175 Å². The van der Waals surface area contributed by atoms with Gasteiger partial charge in [0.15, 0.2) is 0 Å². The second-order valence-electron chi connectivity index (χ2n) is 7.52. The van der Waals surface area contributed by atoms with Gasteiger partial charge in [-0.25, -0.2) is 9.18 Å². The van der Waals surface area contributed by atoms with Gasteiger partial charge in [-0.2, -0.15) is 0 Å². The normalized spacial score (nSPS) is 15.5. The van der Waals surface area contributed by atoms with Crippen LogP contribution in [0.15, 0.2) is 42.5 Å². The van der Waals surface area contributed by atoms with Crippen LogP contribution in [0.1, 0.15) is 42.6 Å². The summed E-state index contributed by atoms with van der Waals surface area (Å²) in [4.78, 5) is 25.6. The molecule has 3 rings (SSSR count). The van der Waals surface area contributed by atoms with Gasteiger partial charge in [0, 0.05) is 18.9 Å². The minimum absolute atomic E-state index is 0.127. The highest BCUT2D eigenvalue weighted by Crippen LogP contribution is 2.37. The topological polar surface area (TPSA) is 73.9 Å². The monoisotopic (exact) mass is 415 g/mol. The second-order valence-corrected chi connectivity index (χ2v) is 7.52. The van der Waals surface area contributed by atoms with Gasteiger partial charge < -0.3 is 19.5 Å². The molecule has 1 aliphatic rings. The fourth-order valence-corrected chi connectivity index (χ4v) is 3.62. The number of esters is 1. The summed E-state index contributed by atoms with van der Waals surface area (Å²) in [6.45, 7) is 4.57. The van der Waals surface area contributed by atoms with Crippen molar-refractivity contribution in [2.45, 2.75) is 38.2 Å². The maximum Gasteiger partial charge on any atom is 0.341 e. The molecule has 0 spiro atoms. The molecule has 160 valence electrons. The van der Waals surface area contributed by atoms with Gasteiger partial charge in [-0.1, -0.05) is 12.1 Å². The number of hydrogen-bond donors (Lipinski definition) is 1. The van der Waals surface area contributed by atoms with E-state index in [1.807, 2.05) is 13.8 Å². The zero-order valence-electron chi connectivity index (χ0n) is 17.4. The van der Waals surface area contributed by atoms with E-state index in [2.05, 4.69) is 5.32 Å². The van der Waals surface area contributed by atoms with E-state index in [4.69, 9.17) is 14.2 Å². The average Bonchev–Trinajstić information content (AvgIpc) is 2.74. The highest BCUT2D eigenvalue weighted by Gasteiger charge is 2.41. The molecule has 0 atom stereocenters. The number of amides is 1. The number of halogens is 1. The molecule has 1 saturated heterocycles. The summed E-state index contributed by atoms with van der Waals surface area (Å²) in [5, 5.41) is 2.91. The Kier molecular flexibility index (Phi) is 6.72. The lowest BCUT2D eigenvalue weighted by Gasteiger charge is -2.36. The Balaban J connectivity index is 1.92. The van der Waals surface area contributed by atoms with E-state index in [9.17, 15) is 14.0 Å². The molecule has 7 heteroatoms. The molecule has 1 aliphatic heterocycles. The fraction of sp³-hybridized carbons (Fsp3) is 0.391. The SMILES string of the molecule is COC(=O)c1cc(NC(=O)C2(c3ccc(F)cc3)CCOCC2)ccc1OC(C)C. The molecular formula is C23H26FNO5. The van der Waals surface area contributed by atoms with E-state index in [1.165, 1.54) is 19.2 Å². The lowest BCUT2D eigenvalue weighted by atomic mass is 9.73. The number of carbonyl (C=O) groups excluding carboxylic acids is 2. The molecule has 0 aromatic heterocycles. The second kappa shape index (κ2) is 9.26. The molecule has 0 bridgehead atoms. The van der Waals surface area contributed by atoms with Crippen molar-refractivity contribution < 1.29 is 28.2 Å². The van der Waals surface area contributed by atoms with Gasteiger partial charge in [-0.3, -0.25) is 4.79 Å². The van der Waals surface area contributed by atoms with E-state index < -0.39 is 11.4 Å². The molecule has 1 N–H and O–H groups in total. The van der Waals surface area contributed by atoms with Crippen LogP contribution in [0.2, 0.25) is 0 Å². The average molecular weight is 415 g/mol. The van der Waals surface area contributed by atoms with Crippen LogP contribution in [0.25, 0.3) is 0 Å². The van der Waals surface area contributed by atoms with Crippen molar-refractivity contribution in [3.05, 3.63) is 59.4 Å². The van der Waals surface area contributed by atoms with Crippen molar-refractivity contribution in [2.75, 3.05) is 25.6 Å². The van der Waals surface area contributed by atoms with Gasteiger partial charge in [0.1, 0.15) is 17.1 Å². The highest BCUT2D eigenvalue weighted by atomic mass is 19.1. The van der Waals surface area contributed by atoms with Crippen LogP contribution in [0, 0.1) is 5.82 Å². The number of anilines is 1. The summed E-state index contributed by atoms with van der Waals surface area (Å²) in [6, 6.07) is 10.8. The van der Waals surface area contributed by atoms with Crippen molar-refractivity contribution >= 4 is 17.6 Å². The lowest BCUT2D eigenvalue weighted by molar-refractivity contribution is -0.125. The van der Waals surface area contributed by atoms with Gasteiger partial charge in [0.05, 0.1) is 18.6 Å². The third kappa shape index (κ3) is 4.62. The molecule has 2 aromatic rings. The number of nitrogens with one attached hydrogen (secondary N) is 1. The van der Waals surface area contributed by atoms with Crippen LogP contribution in [0.3, 0.4) is 0 Å². The van der Waals surface area contributed by atoms with Crippen molar-refractivity contribution in [1.82, 2.24) is 0 Å². The first-order valence-electron chi connectivity index (χ1n) is 9.90. The van der Waals surface area contributed by atoms with Crippen LogP contribution in [-0.2, 0) is 19.7 Å². The van der Waals surface area contributed by atoms with E-state index in [1.54, 1.807) is 30.3 Å². The molecule has 6 nitrogen and oxygen atoms in total. The summed E-state index contributed by atoms with van der Waals surface area (Å²) < 4.78 is 29.4. The van der Waals surface area contributed by atoms with Crippen LogP contribution in [0.5, 0.6) is 5.75 Å². The number of rotatable bonds is 6. The Bertz CT molecular complexity index is 904. The largest absolute Gasteiger partial charge is 0.490 e. The first-order valence-corrected chi connectivity index (χ1v) is 9.90.